The molecule has 5 unspecified atom stereocenters. The van der Waals surface area contributed by atoms with Crippen molar-refractivity contribution < 1.29 is 88.8 Å². The van der Waals surface area contributed by atoms with Crippen LogP contribution in [0.15, 0.2) is 0 Å². The Labute approximate surface area is 288 Å². The smallest absolute Gasteiger partial charge is 0.364 e. The molecule has 3 heterocycles. The number of carboxylic acid groups (broad SMARTS) is 1. The number of amides is 2. The number of unbranched alkanes of at least 4 members (excludes halogenated alkanes) is 1. The molecule has 50 heavy (non-hydrogen) atoms. The summed E-state index contributed by atoms with van der Waals surface area (Å²) in [6.07, 6.45) is -21.2. The molecule has 0 bridgehead atoms. The summed E-state index contributed by atoms with van der Waals surface area (Å²) < 4.78 is 34.1. The van der Waals surface area contributed by atoms with Gasteiger partial charge >= 0.3 is 5.97 Å². The summed E-state index contributed by atoms with van der Waals surface area (Å²) in [5.74, 6) is -5.76. The highest BCUT2D eigenvalue weighted by Crippen LogP contribution is 2.36. The maximum absolute atomic E-state index is 12.6. The number of carboxylic acids is 1. The molecule has 11 N–H and O–H groups in total. The Kier molecular flexibility index (Phi) is 15.7. The van der Waals surface area contributed by atoms with Gasteiger partial charge in [0.25, 0.3) is 5.79 Å². The van der Waals surface area contributed by atoms with Crippen molar-refractivity contribution >= 4 is 17.8 Å². The minimum Gasteiger partial charge on any atom is -0.477 e. The normalized spacial score (nSPS) is 40.4. The number of aliphatic hydroxyl groups excluding tert-OH is 8. The molecular formula is C30H52N2O18. The number of hydrogen-bond donors (Lipinski definition) is 11. The summed E-state index contributed by atoms with van der Waals surface area (Å²) in [7, 11) is 0. The van der Waals surface area contributed by atoms with Crippen LogP contribution in [0, 0.1) is 0 Å². The fourth-order valence-electron chi connectivity index (χ4n) is 6.06. The van der Waals surface area contributed by atoms with Crippen molar-refractivity contribution in [3.05, 3.63) is 0 Å². The average molecular weight is 729 g/mol. The van der Waals surface area contributed by atoms with Crippen molar-refractivity contribution in [2.75, 3.05) is 19.8 Å². The second kappa shape index (κ2) is 18.6. The van der Waals surface area contributed by atoms with Crippen LogP contribution in [0.2, 0.25) is 0 Å². The molecule has 0 saturated carbocycles. The number of ether oxygens (including phenoxy) is 6. The first-order valence-electron chi connectivity index (χ1n) is 16.6. The zero-order chi connectivity index (χ0) is 37.5. The van der Waals surface area contributed by atoms with Crippen molar-refractivity contribution in [2.24, 2.45) is 0 Å². The highest BCUT2D eigenvalue weighted by Gasteiger charge is 2.57. The first kappa shape index (κ1) is 42.3. The fraction of sp³-hybridized carbons (Fsp3) is 0.900. The van der Waals surface area contributed by atoms with E-state index < -0.39 is 135 Å². The molecule has 3 aliphatic rings. The molecule has 0 aromatic heterocycles. The van der Waals surface area contributed by atoms with Crippen molar-refractivity contribution in [3.8, 4) is 0 Å². The summed E-state index contributed by atoms with van der Waals surface area (Å²) >= 11 is 0. The minimum absolute atomic E-state index is 0.00940. The maximum atomic E-state index is 12.6. The molecule has 290 valence electrons. The van der Waals surface area contributed by atoms with Gasteiger partial charge in [-0.1, -0.05) is 20.3 Å². The van der Waals surface area contributed by atoms with E-state index in [1.807, 2.05) is 6.92 Å². The van der Waals surface area contributed by atoms with Crippen LogP contribution in [0.5, 0.6) is 0 Å². The van der Waals surface area contributed by atoms with E-state index in [2.05, 4.69) is 10.6 Å². The molecule has 3 saturated heterocycles. The molecule has 0 spiro atoms. The molecule has 16 atom stereocenters. The maximum Gasteiger partial charge on any atom is 0.364 e. The van der Waals surface area contributed by atoms with E-state index in [0.717, 1.165) is 13.3 Å². The zero-order valence-corrected chi connectivity index (χ0v) is 28.3. The number of aliphatic hydroxyl groups is 8. The van der Waals surface area contributed by atoms with Crippen LogP contribution in [0.1, 0.15) is 53.4 Å². The van der Waals surface area contributed by atoms with Crippen LogP contribution in [0.25, 0.3) is 0 Å². The van der Waals surface area contributed by atoms with Crippen LogP contribution < -0.4 is 10.6 Å². The van der Waals surface area contributed by atoms with Crippen LogP contribution in [-0.4, -0.2) is 181 Å². The number of carbonyl (C=O) groups excluding carboxylic acids is 2. The molecule has 2 amide bonds. The molecule has 0 aromatic carbocycles. The van der Waals surface area contributed by atoms with E-state index in [-0.39, 0.29) is 13.0 Å². The van der Waals surface area contributed by atoms with Gasteiger partial charge in [-0.15, -0.1) is 0 Å². The highest BCUT2D eigenvalue weighted by molar-refractivity contribution is 5.76. The summed E-state index contributed by atoms with van der Waals surface area (Å²) in [6.45, 7) is 4.31. The van der Waals surface area contributed by atoms with Crippen LogP contribution in [0.3, 0.4) is 0 Å². The lowest BCUT2D eigenvalue weighted by Crippen LogP contribution is -2.69. The topological polar surface area (TPSA) is 313 Å². The van der Waals surface area contributed by atoms with Gasteiger partial charge in [-0.05, 0) is 12.8 Å². The van der Waals surface area contributed by atoms with Gasteiger partial charge in [-0.3, -0.25) is 9.59 Å². The Morgan fingerprint density at radius 3 is 2.06 bits per heavy atom. The van der Waals surface area contributed by atoms with Crippen LogP contribution in [0.4, 0.5) is 0 Å². The standard InChI is InChI=1S/C30H52N2O18/c1-5-7-8-45-27-19(32-13(4)35)22(40)25(16(10-33)47-27)49-28-24(42)23(41)21(39)17(48-28)11-46-30(29(43)44)9-15(37)18(31-12(3)34)26(50-30)20(38)14(36)6-2/h14-28,33,36-42H,5-11H2,1-4H3,(H,31,34)(H,32,35)(H,43,44)/t14-,15-,16?,17?,18-,19?,20-,21+,22-,23+,24?,25-,26?,27-,28+,30-/m1/s1. The highest BCUT2D eigenvalue weighted by atomic mass is 16.8. The zero-order valence-electron chi connectivity index (χ0n) is 28.3. The molecule has 20 nitrogen and oxygen atoms in total. The number of hydrogen-bond acceptors (Lipinski definition) is 17. The van der Waals surface area contributed by atoms with E-state index in [4.69, 9.17) is 28.4 Å². The summed E-state index contributed by atoms with van der Waals surface area (Å²) in [5, 5.41) is 101. The van der Waals surface area contributed by atoms with Crippen molar-refractivity contribution in [3.63, 3.8) is 0 Å². The molecule has 20 heteroatoms. The van der Waals surface area contributed by atoms with Crippen molar-refractivity contribution in [2.45, 2.75) is 151 Å². The number of rotatable bonds is 16. The van der Waals surface area contributed by atoms with E-state index in [9.17, 15) is 60.3 Å². The van der Waals surface area contributed by atoms with Gasteiger partial charge in [-0.2, -0.15) is 0 Å². The van der Waals surface area contributed by atoms with Crippen LogP contribution in [-0.2, 0) is 42.8 Å². The first-order valence-corrected chi connectivity index (χ1v) is 16.6. The lowest BCUT2D eigenvalue weighted by Gasteiger charge is -2.48. The lowest BCUT2D eigenvalue weighted by molar-refractivity contribution is -0.360. The Bertz CT molecular complexity index is 1120. The van der Waals surface area contributed by atoms with Gasteiger partial charge in [0.05, 0.1) is 31.5 Å². The summed E-state index contributed by atoms with van der Waals surface area (Å²) in [6, 6.07) is -2.58. The fourth-order valence-corrected chi connectivity index (χ4v) is 6.06. The Morgan fingerprint density at radius 2 is 1.50 bits per heavy atom. The van der Waals surface area contributed by atoms with Crippen LogP contribution >= 0.6 is 0 Å². The monoisotopic (exact) mass is 728 g/mol. The van der Waals surface area contributed by atoms with Gasteiger partial charge in [0.15, 0.2) is 12.6 Å². The molecule has 3 fully saturated rings. The molecule has 3 aliphatic heterocycles. The molecule has 0 aromatic rings. The van der Waals surface area contributed by atoms with Gasteiger partial charge in [0.1, 0.15) is 61.0 Å². The predicted molar refractivity (Wildman–Crippen MR) is 163 cm³/mol. The minimum atomic E-state index is -2.75. The van der Waals surface area contributed by atoms with Gasteiger partial charge in [0, 0.05) is 26.9 Å². The van der Waals surface area contributed by atoms with Gasteiger partial charge in [-0.25, -0.2) is 4.79 Å². The molecular weight excluding hydrogens is 676 g/mol. The molecule has 3 rings (SSSR count). The van der Waals surface area contributed by atoms with Gasteiger partial charge in [0.2, 0.25) is 11.8 Å². The van der Waals surface area contributed by atoms with E-state index >= 15 is 0 Å². The third-order valence-electron chi connectivity index (χ3n) is 8.86. The molecule has 0 aliphatic carbocycles. The third-order valence-corrected chi connectivity index (χ3v) is 8.86. The Morgan fingerprint density at radius 1 is 0.880 bits per heavy atom. The Balaban J connectivity index is 1.83. The molecule has 0 radical (unpaired) electrons. The number of aliphatic carboxylic acids is 1. The van der Waals surface area contributed by atoms with Crippen molar-refractivity contribution in [1.29, 1.82) is 0 Å². The predicted octanol–water partition coefficient (Wildman–Crippen LogP) is -4.84. The van der Waals surface area contributed by atoms with Gasteiger partial charge < -0.3 is 85.0 Å². The quantitative estimate of drug-likeness (QED) is 0.0664. The Hall–Kier alpha value is -2.15. The van der Waals surface area contributed by atoms with E-state index in [0.29, 0.717) is 6.42 Å². The second-order valence-corrected chi connectivity index (χ2v) is 12.7. The first-order chi connectivity index (χ1) is 23.5. The van der Waals surface area contributed by atoms with Crippen molar-refractivity contribution in [1.82, 2.24) is 10.6 Å². The third kappa shape index (κ3) is 9.83. The summed E-state index contributed by atoms with van der Waals surface area (Å²) in [4.78, 5) is 36.3. The summed E-state index contributed by atoms with van der Waals surface area (Å²) in [5.41, 5.74) is 0. The largest absolute Gasteiger partial charge is 0.477 e. The lowest BCUT2D eigenvalue weighted by atomic mass is 9.88. The average Bonchev–Trinajstić information content (AvgIpc) is 3.06. The van der Waals surface area contributed by atoms with E-state index in [1.54, 1.807) is 0 Å². The second-order valence-electron chi connectivity index (χ2n) is 12.7. The number of nitrogens with one attached hydrogen (secondary N) is 2. The SMILES string of the molecule is CCCCO[C@@H]1OC(CO)[C@@H](O[C@@H]2OC(CO[C@]3(C(=O)O)C[C@@H](O)[C@@H](NC(C)=O)C([C@H](O)[C@H](O)CC)O3)[C@H](O)[C@H](O)C2O)[C@H](O)C1NC(C)=O. The number of carbonyl (C=O) groups is 3. The van der Waals surface area contributed by atoms with E-state index in [1.165, 1.54) is 13.8 Å².